The fourth-order valence-corrected chi connectivity index (χ4v) is 3.26. The Kier molecular flexibility index (Phi) is 3.82. The summed E-state index contributed by atoms with van der Waals surface area (Å²) in [6, 6.07) is 1.20. The molecule has 100 valence electrons. The van der Waals surface area contributed by atoms with E-state index in [1.165, 1.54) is 18.5 Å². The van der Waals surface area contributed by atoms with E-state index in [0.29, 0.717) is 6.04 Å². The van der Waals surface area contributed by atoms with Crippen LogP contribution in [0.1, 0.15) is 25.5 Å². The molecule has 1 saturated carbocycles. The van der Waals surface area contributed by atoms with E-state index in [2.05, 4.69) is 22.5 Å². The third-order valence-corrected chi connectivity index (χ3v) is 4.52. The molecule has 1 aromatic heterocycles. The zero-order chi connectivity index (χ0) is 12.4. The summed E-state index contributed by atoms with van der Waals surface area (Å²) in [5.74, 6) is 0. The van der Waals surface area contributed by atoms with Crippen molar-refractivity contribution < 1.29 is 4.74 Å². The van der Waals surface area contributed by atoms with Gasteiger partial charge in [-0.2, -0.15) is 0 Å². The van der Waals surface area contributed by atoms with Gasteiger partial charge in [0.2, 0.25) is 0 Å². The number of morpholine rings is 1. The molecule has 1 unspecified atom stereocenters. The largest absolute Gasteiger partial charge is 0.377 e. The van der Waals surface area contributed by atoms with Crippen LogP contribution in [0.4, 0.5) is 5.13 Å². The van der Waals surface area contributed by atoms with Crippen molar-refractivity contribution in [2.75, 3.05) is 31.2 Å². The number of aryl methyl sites for hydroxylation is 1. The Hall–Kier alpha value is -0.650. The standard InChI is InChI=1S/C13H21N3OS/c1-2-10-9-18-13(15-10)16-5-6-17-8-12(16)7-14-11-3-4-11/h9,11-12,14H,2-8H2,1H3. The molecule has 4 nitrogen and oxygen atoms in total. The minimum Gasteiger partial charge on any atom is -0.377 e. The van der Waals surface area contributed by atoms with Gasteiger partial charge in [-0.05, 0) is 19.3 Å². The van der Waals surface area contributed by atoms with Crippen molar-refractivity contribution in [3.8, 4) is 0 Å². The Morgan fingerprint density at radius 3 is 3.17 bits per heavy atom. The van der Waals surface area contributed by atoms with Crippen molar-refractivity contribution in [1.82, 2.24) is 10.3 Å². The SMILES string of the molecule is CCc1csc(N2CCOCC2CNC2CC2)n1. The predicted molar refractivity (Wildman–Crippen MR) is 74.5 cm³/mol. The summed E-state index contributed by atoms with van der Waals surface area (Å²) >= 11 is 1.77. The summed E-state index contributed by atoms with van der Waals surface area (Å²) in [5.41, 5.74) is 1.20. The van der Waals surface area contributed by atoms with E-state index >= 15 is 0 Å². The van der Waals surface area contributed by atoms with Gasteiger partial charge in [0, 0.05) is 24.5 Å². The Bertz CT molecular complexity index is 391. The van der Waals surface area contributed by atoms with Gasteiger partial charge in [-0.3, -0.25) is 0 Å². The molecule has 0 bridgehead atoms. The maximum Gasteiger partial charge on any atom is 0.185 e. The fraction of sp³-hybridized carbons (Fsp3) is 0.769. The van der Waals surface area contributed by atoms with Crippen LogP contribution in [0, 0.1) is 0 Å². The molecule has 0 amide bonds. The lowest BCUT2D eigenvalue weighted by Gasteiger charge is -2.35. The highest BCUT2D eigenvalue weighted by Gasteiger charge is 2.28. The first-order valence-corrected chi connectivity index (χ1v) is 7.77. The maximum absolute atomic E-state index is 5.61. The molecule has 1 saturated heterocycles. The first-order chi connectivity index (χ1) is 8.86. The summed E-state index contributed by atoms with van der Waals surface area (Å²) in [4.78, 5) is 7.13. The lowest BCUT2D eigenvalue weighted by Crippen LogP contribution is -2.51. The summed E-state index contributed by atoms with van der Waals surface area (Å²) in [6.45, 7) is 5.78. The summed E-state index contributed by atoms with van der Waals surface area (Å²) < 4.78 is 5.61. The monoisotopic (exact) mass is 267 g/mol. The van der Waals surface area contributed by atoms with E-state index in [-0.39, 0.29) is 0 Å². The Morgan fingerprint density at radius 1 is 1.56 bits per heavy atom. The number of nitrogens with zero attached hydrogens (tertiary/aromatic N) is 2. The first-order valence-electron chi connectivity index (χ1n) is 6.89. The van der Waals surface area contributed by atoms with Crippen molar-refractivity contribution >= 4 is 16.5 Å². The van der Waals surface area contributed by atoms with Crippen LogP contribution in [0.5, 0.6) is 0 Å². The number of anilines is 1. The van der Waals surface area contributed by atoms with Crippen LogP contribution in [0.3, 0.4) is 0 Å². The Morgan fingerprint density at radius 2 is 2.44 bits per heavy atom. The Balaban J connectivity index is 1.65. The molecule has 1 aromatic rings. The number of hydrogen-bond donors (Lipinski definition) is 1. The zero-order valence-electron chi connectivity index (χ0n) is 10.9. The second-order valence-corrected chi connectivity index (χ2v) is 5.92. The van der Waals surface area contributed by atoms with Gasteiger partial charge in [0.1, 0.15) is 0 Å². The van der Waals surface area contributed by atoms with Gasteiger partial charge in [-0.1, -0.05) is 6.92 Å². The van der Waals surface area contributed by atoms with Gasteiger partial charge in [-0.15, -0.1) is 11.3 Å². The predicted octanol–water partition coefficient (Wildman–Crippen LogP) is 1.66. The molecule has 5 heteroatoms. The number of nitrogens with one attached hydrogen (secondary N) is 1. The molecular formula is C13H21N3OS. The summed E-state index contributed by atoms with van der Waals surface area (Å²) in [6.07, 6.45) is 3.70. The van der Waals surface area contributed by atoms with Crippen LogP contribution < -0.4 is 10.2 Å². The van der Waals surface area contributed by atoms with Crippen LogP contribution in [-0.2, 0) is 11.2 Å². The average molecular weight is 267 g/mol. The molecule has 1 N–H and O–H groups in total. The van der Waals surface area contributed by atoms with Crippen molar-refractivity contribution in [3.05, 3.63) is 11.1 Å². The molecule has 1 atom stereocenters. The highest BCUT2D eigenvalue weighted by atomic mass is 32.1. The summed E-state index contributed by atoms with van der Waals surface area (Å²) in [5, 5.41) is 6.94. The van der Waals surface area contributed by atoms with E-state index < -0.39 is 0 Å². The van der Waals surface area contributed by atoms with Crippen LogP contribution in [-0.4, -0.2) is 43.4 Å². The van der Waals surface area contributed by atoms with Crippen LogP contribution in [0.15, 0.2) is 5.38 Å². The number of ether oxygens (including phenoxy) is 1. The molecule has 0 radical (unpaired) electrons. The van der Waals surface area contributed by atoms with Crippen LogP contribution in [0.2, 0.25) is 0 Å². The Labute approximate surface area is 112 Å². The van der Waals surface area contributed by atoms with Crippen molar-refractivity contribution in [3.63, 3.8) is 0 Å². The molecular weight excluding hydrogens is 246 g/mol. The topological polar surface area (TPSA) is 37.4 Å². The van der Waals surface area contributed by atoms with Gasteiger partial charge in [0.15, 0.2) is 5.13 Å². The average Bonchev–Trinajstić information content (AvgIpc) is 3.12. The van der Waals surface area contributed by atoms with Crippen molar-refractivity contribution in [2.45, 2.75) is 38.3 Å². The third-order valence-electron chi connectivity index (χ3n) is 3.59. The summed E-state index contributed by atoms with van der Waals surface area (Å²) in [7, 11) is 0. The molecule has 1 aliphatic carbocycles. The normalized spacial score (nSPS) is 24.5. The third kappa shape index (κ3) is 2.84. The van der Waals surface area contributed by atoms with Gasteiger partial charge < -0.3 is 15.0 Å². The molecule has 1 aliphatic heterocycles. The van der Waals surface area contributed by atoms with Crippen molar-refractivity contribution in [2.24, 2.45) is 0 Å². The van der Waals surface area contributed by atoms with Gasteiger partial charge >= 0.3 is 0 Å². The van der Waals surface area contributed by atoms with Crippen LogP contribution >= 0.6 is 11.3 Å². The molecule has 3 rings (SSSR count). The van der Waals surface area contributed by atoms with E-state index in [1.54, 1.807) is 11.3 Å². The van der Waals surface area contributed by atoms with E-state index in [0.717, 1.165) is 43.9 Å². The lowest BCUT2D eigenvalue weighted by molar-refractivity contribution is 0.0936. The van der Waals surface area contributed by atoms with Gasteiger partial charge in [-0.25, -0.2) is 4.98 Å². The number of hydrogen-bond acceptors (Lipinski definition) is 5. The molecule has 2 fully saturated rings. The molecule has 0 aromatic carbocycles. The molecule has 2 heterocycles. The number of aromatic nitrogens is 1. The van der Waals surface area contributed by atoms with Gasteiger partial charge in [0.05, 0.1) is 24.9 Å². The minimum absolute atomic E-state index is 0.440. The second kappa shape index (κ2) is 5.55. The van der Waals surface area contributed by atoms with E-state index in [9.17, 15) is 0 Å². The van der Waals surface area contributed by atoms with Crippen LogP contribution in [0.25, 0.3) is 0 Å². The maximum atomic E-state index is 5.61. The van der Waals surface area contributed by atoms with Gasteiger partial charge in [0.25, 0.3) is 0 Å². The van der Waals surface area contributed by atoms with E-state index in [4.69, 9.17) is 9.72 Å². The fourth-order valence-electron chi connectivity index (χ4n) is 2.26. The lowest BCUT2D eigenvalue weighted by atomic mass is 10.2. The highest BCUT2D eigenvalue weighted by Crippen LogP contribution is 2.25. The number of rotatable bonds is 5. The number of thiazole rings is 1. The first kappa shape index (κ1) is 12.4. The quantitative estimate of drug-likeness (QED) is 0.880. The minimum atomic E-state index is 0.440. The molecule has 2 aliphatic rings. The highest BCUT2D eigenvalue weighted by molar-refractivity contribution is 7.13. The van der Waals surface area contributed by atoms with Crippen molar-refractivity contribution in [1.29, 1.82) is 0 Å². The van der Waals surface area contributed by atoms with E-state index in [1.807, 2.05) is 0 Å². The molecule has 18 heavy (non-hydrogen) atoms. The second-order valence-electron chi connectivity index (χ2n) is 5.08. The molecule has 0 spiro atoms. The zero-order valence-corrected chi connectivity index (χ0v) is 11.7. The smallest absolute Gasteiger partial charge is 0.185 e.